The van der Waals surface area contributed by atoms with E-state index in [1.54, 1.807) is 0 Å². The minimum Gasteiger partial charge on any atom is -0.381 e. The fraction of sp³-hybridized carbons (Fsp3) is 0.529. The first kappa shape index (κ1) is 18.1. The van der Waals surface area contributed by atoms with Crippen molar-refractivity contribution < 1.29 is 9.47 Å². The van der Waals surface area contributed by atoms with Gasteiger partial charge in [0.05, 0.1) is 18.8 Å². The molecule has 4 N–H and O–H groups in total. The first-order valence-corrected chi connectivity index (χ1v) is 9.93. The molecule has 0 bridgehead atoms. The summed E-state index contributed by atoms with van der Waals surface area (Å²) in [7, 11) is 0. The molecule has 0 saturated carbocycles. The lowest BCUT2D eigenvalue weighted by molar-refractivity contribution is 0.0904. The number of nitrogens with two attached hydrogens (primary N) is 1. The average molecular weight is 389 g/mol. The maximum absolute atomic E-state index is 7.95. The second-order valence-corrected chi connectivity index (χ2v) is 7.37. The SMILES string of the molecule is N=Cc1c(NC2CCOCC2)nc(N2CCOCC2)nc1-c1csc(N)n1. The number of aromatic nitrogens is 3. The summed E-state index contributed by atoms with van der Waals surface area (Å²) in [6, 6.07) is 0.262. The van der Waals surface area contributed by atoms with Crippen LogP contribution in [0.25, 0.3) is 11.4 Å². The highest BCUT2D eigenvalue weighted by Gasteiger charge is 2.23. The Hall–Kier alpha value is -2.30. The molecule has 4 heterocycles. The summed E-state index contributed by atoms with van der Waals surface area (Å²) in [5.74, 6) is 1.29. The predicted molar refractivity (Wildman–Crippen MR) is 106 cm³/mol. The number of morpholine rings is 1. The zero-order chi connectivity index (χ0) is 18.6. The Bertz CT molecular complexity index is 801. The van der Waals surface area contributed by atoms with Crippen LogP contribution in [0.4, 0.5) is 16.9 Å². The Morgan fingerprint density at radius 1 is 1.15 bits per heavy atom. The molecule has 144 valence electrons. The van der Waals surface area contributed by atoms with E-state index >= 15 is 0 Å². The summed E-state index contributed by atoms with van der Waals surface area (Å²) in [5, 5.41) is 13.8. The van der Waals surface area contributed by atoms with Gasteiger partial charge in [-0.2, -0.15) is 4.98 Å². The van der Waals surface area contributed by atoms with Crippen molar-refractivity contribution in [2.24, 2.45) is 0 Å². The number of ether oxygens (including phenoxy) is 2. The number of nitrogens with one attached hydrogen (secondary N) is 2. The number of hydrogen-bond acceptors (Lipinski definition) is 10. The number of rotatable bonds is 5. The molecule has 0 aromatic carbocycles. The van der Waals surface area contributed by atoms with E-state index in [9.17, 15) is 0 Å². The Kier molecular flexibility index (Phi) is 5.46. The van der Waals surface area contributed by atoms with E-state index in [0.717, 1.165) is 39.1 Å². The standard InChI is InChI=1S/C17H23N7O2S/c18-9-12-14(13-10-27-16(19)21-13)22-17(24-3-7-26-8-4-24)23-15(12)20-11-1-5-25-6-2-11/h9-11,18H,1-8H2,(H2,19,21)(H,20,22,23). The Labute approximate surface area is 161 Å². The van der Waals surface area contributed by atoms with Crippen molar-refractivity contribution in [1.82, 2.24) is 15.0 Å². The van der Waals surface area contributed by atoms with Gasteiger partial charge in [-0.25, -0.2) is 9.97 Å². The smallest absolute Gasteiger partial charge is 0.228 e. The Morgan fingerprint density at radius 2 is 1.89 bits per heavy atom. The third kappa shape index (κ3) is 4.02. The Balaban J connectivity index is 1.75. The molecule has 0 aliphatic carbocycles. The van der Waals surface area contributed by atoms with Gasteiger partial charge < -0.3 is 30.8 Å². The van der Waals surface area contributed by atoms with E-state index in [2.05, 4.69) is 15.2 Å². The van der Waals surface area contributed by atoms with Crippen molar-refractivity contribution in [3.05, 3.63) is 10.9 Å². The van der Waals surface area contributed by atoms with Gasteiger partial charge in [-0.15, -0.1) is 11.3 Å². The van der Waals surface area contributed by atoms with E-state index in [-0.39, 0.29) is 6.04 Å². The van der Waals surface area contributed by atoms with E-state index in [1.165, 1.54) is 17.6 Å². The van der Waals surface area contributed by atoms with Gasteiger partial charge in [-0.05, 0) is 12.8 Å². The summed E-state index contributed by atoms with van der Waals surface area (Å²) < 4.78 is 10.9. The second-order valence-electron chi connectivity index (χ2n) is 6.48. The number of anilines is 3. The molecular formula is C17H23N7O2S. The number of nitrogen functional groups attached to an aromatic ring is 1. The topological polar surface area (TPSA) is 122 Å². The van der Waals surface area contributed by atoms with E-state index in [1.807, 2.05) is 5.38 Å². The minimum absolute atomic E-state index is 0.262. The van der Waals surface area contributed by atoms with Crippen LogP contribution >= 0.6 is 11.3 Å². The van der Waals surface area contributed by atoms with Crippen LogP contribution in [0, 0.1) is 5.41 Å². The summed E-state index contributed by atoms with van der Waals surface area (Å²) in [6.45, 7) is 4.23. The van der Waals surface area contributed by atoms with Gasteiger partial charge in [0.25, 0.3) is 0 Å². The summed E-state index contributed by atoms with van der Waals surface area (Å²) in [4.78, 5) is 16.0. The third-order valence-electron chi connectivity index (χ3n) is 4.70. The second kappa shape index (κ2) is 8.15. The summed E-state index contributed by atoms with van der Waals surface area (Å²) in [5.41, 5.74) is 7.75. The molecule has 2 fully saturated rings. The molecule has 2 aromatic rings. The van der Waals surface area contributed by atoms with Crippen molar-refractivity contribution >= 4 is 34.4 Å². The first-order valence-electron chi connectivity index (χ1n) is 9.05. The summed E-state index contributed by atoms with van der Waals surface area (Å²) in [6.07, 6.45) is 3.11. The maximum atomic E-state index is 7.95. The highest BCUT2D eigenvalue weighted by Crippen LogP contribution is 2.30. The highest BCUT2D eigenvalue weighted by atomic mass is 32.1. The van der Waals surface area contributed by atoms with Crippen LogP contribution in [0.1, 0.15) is 18.4 Å². The lowest BCUT2D eigenvalue weighted by atomic mass is 10.1. The van der Waals surface area contributed by atoms with Crippen LogP contribution in [-0.4, -0.2) is 66.7 Å². The lowest BCUT2D eigenvalue weighted by Gasteiger charge is -2.29. The molecule has 0 unspecified atom stereocenters. The highest BCUT2D eigenvalue weighted by molar-refractivity contribution is 7.13. The molecular weight excluding hydrogens is 366 g/mol. The number of hydrogen-bond donors (Lipinski definition) is 3. The molecule has 9 nitrogen and oxygen atoms in total. The molecule has 0 atom stereocenters. The van der Waals surface area contributed by atoms with Crippen LogP contribution in [0.2, 0.25) is 0 Å². The molecule has 4 rings (SSSR count). The fourth-order valence-corrected chi connectivity index (χ4v) is 3.78. The number of thiazole rings is 1. The van der Waals surface area contributed by atoms with Crippen molar-refractivity contribution in [3.8, 4) is 11.4 Å². The monoisotopic (exact) mass is 389 g/mol. The quantitative estimate of drug-likeness (QED) is 0.659. The van der Waals surface area contributed by atoms with Crippen LogP contribution in [0.15, 0.2) is 5.38 Å². The molecule has 0 spiro atoms. The van der Waals surface area contributed by atoms with Crippen LogP contribution in [0.5, 0.6) is 0 Å². The Morgan fingerprint density at radius 3 is 2.56 bits per heavy atom. The molecule has 2 aliphatic rings. The molecule has 2 aliphatic heterocycles. The van der Waals surface area contributed by atoms with Crippen molar-refractivity contribution in [2.75, 3.05) is 55.5 Å². The van der Waals surface area contributed by atoms with Crippen LogP contribution < -0.4 is 16.0 Å². The van der Waals surface area contributed by atoms with Gasteiger partial charge in [-0.1, -0.05) is 0 Å². The average Bonchev–Trinajstić information content (AvgIpc) is 3.15. The van der Waals surface area contributed by atoms with Crippen molar-refractivity contribution in [3.63, 3.8) is 0 Å². The van der Waals surface area contributed by atoms with Crippen molar-refractivity contribution in [1.29, 1.82) is 5.41 Å². The van der Waals surface area contributed by atoms with Gasteiger partial charge in [-0.3, -0.25) is 0 Å². The van der Waals surface area contributed by atoms with E-state index in [0.29, 0.717) is 47.1 Å². The molecule has 27 heavy (non-hydrogen) atoms. The lowest BCUT2D eigenvalue weighted by Crippen LogP contribution is -2.38. The minimum atomic E-state index is 0.262. The fourth-order valence-electron chi connectivity index (χ4n) is 3.24. The number of nitrogens with zero attached hydrogens (tertiary/aromatic N) is 4. The van der Waals surface area contributed by atoms with Gasteiger partial charge in [0.15, 0.2) is 5.13 Å². The van der Waals surface area contributed by atoms with Gasteiger partial charge in [0.1, 0.15) is 17.2 Å². The van der Waals surface area contributed by atoms with E-state index < -0.39 is 0 Å². The van der Waals surface area contributed by atoms with Crippen molar-refractivity contribution in [2.45, 2.75) is 18.9 Å². The largest absolute Gasteiger partial charge is 0.381 e. The molecule has 0 amide bonds. The predicted octanol–water partition coefficient (Wildman–Crippen LogP) is 1.61. The first-order chi connectivity index (χ1) is 13.2. The molecule has 2 aromatic heterocycles. The maximum Gasteiger partial charge on any atom is 0.228 e. The van der Waals surface area contributed by atoms with Crippen LogP contribution in [0.3, 0.4) is 0 Å². The van der Waals surface area contributed by atoms with Gasteiger partial charge in [0, 0.05) is 43.9 Å². The zero-order valence-electron chi connectivity index (χ0n) is 15.0. The summed E-state index contributed by atoms with van der Waals surface area (Å²) >= 11 is 1.36. The van der Waals surface area contributed by atoms with Gasteiger partial charge >= 0.3 is 0 Å². The molecule has 0 radical (unpaired) electrons. The molecule has 10 heteroatoms. The zero-order valence-corrected chi connectivity index (χ0v) is 15.8. The van der Waals surface area contributed by atoms with Crippen LogP contribution in [-0.2, 0) is 9.47 Å². The normalized spacial score (nSPS) is 18.4. The molecule has 2 saturated heterocycles. The third-order valence-corrected chi connectivity index (χ3v) is 5.37. The van der Waals surface area contributed by atoms with E-state index in [4.69, 9.17) is 30.6 Å². The van der Waals surface area contributed by atoms with Gasteiger partial charge in [0.2, 0.25) is 5.95 Å².